The molecule has 180 valence electrons. The molecule has 1 unspecified atom stereocenters. The summed E-state index contributed by atoms with van der Waals surface area (Å²) in [6.07, 6.45) is 1.76. The highest BCUT2D eigenvalue weighted by molar-refractivity contribution is 5.97. The second-order valence-electron chi connectivity index (χ2n) is 11.2. The minimum Gasteiger partial charge on any atom is -0.444 e. The fraction of sp³-hybridized carbons (Fsp3) is 0.739. The predicted octanol–water partition coefficient (Wildman–Crippen LogP) is 1.71. The second kappa shape index (κ2) is 8.75. The van der Waals surface area contributed by atoms with E-state index in [1.165, 1.54) is 4.90 Å². The fourth-order valence-corrected chi connectivity index (χ4v) is 4.14. The molecule has 0 bridgehead atoms. The molecule has 2 rings (SSSR count). The van der Waals surface area contributed by atoms with Gasteiger partial charge in [-0.05, 0) is 44.9 Å². The molecule has 32 heavy (non-hydrogen) atoms. The zero-order chi connectivity index (χ0) is 24.6. The van der Waals surface area contributed by atoms with Crippen LogP contribution in [0.1, 0.15) is 61.3 Å². The summed E-state index contributed by atoms with van der Waals surface area (Å²) in [7, 11) is 0. The number of alkyl carbamates (subject to hydrolysis) is 1. The number of nitrogens with one attached hydrogen (secondary N) is 2. The highest BCUT2D eigenvalue weighted by Crippen LogP contribution is 2.44. The average molecular weight is 451 g/mol. The van der Waals surface area contributed by atoms with Crippen molar-refractivity contribution in [3.63, 3.8) is 0 Å². The van der Waals surface area contributed by atoms with Crippen molar-refractivity contribution in [3.8, 4) is 0 Å². The number of likely N-dealkylation sites (tertiary alicyclic amines) is 1. The lowest BCUT2D eigenvalue weighted by Crippen LogP contribution is -2.59. The van der Waals surface area contributed by atoms with Crippen molar-refractivity contribution in [1.82, 2.24) is 15.5 Å². The third-order valence-electron chi connectivity index (χ3n) is 5.96. The molecule has 1 aliphatic heterocycles. The summed E-state index contributed by atoms with van der Waals surface area (Å²) < 4.78 is 5.34. The molecule has 2 fully saturated rings. The van der Waals surface area contributed by atoms with Gasteiger partial charge in [-0.3, -0.25) is 14.4 Å². The average Bonchev–Trinajstić information content (AvgIpc) is 3.20. The van der Waals surface area contributed by atoms with Gasteiger partial charge in [-0.15, -0.1) is 6.58 Å². The Balaban J connectivity index is 2.22. The van der Waals surface area contributed by atoms with E-state index < -0.39 is 46.5 Å². The molecule has 1 saturated heterocycles. The predicted molar refractivity (Wildman–Crippen MR) is 120 cm³/mol. The largest absolute Gasteiger partial charge is 0.444 e. The zero-order valence-electron chi connectivity index (χ0n) is 20.3. The summed E-state index contributed by atoms with van der Waals surface area (Å²) in [6.45, 7) is 16.7. The van der Waals surface area contributed by atoms with Crippen molar-refractivity contribution in [1.29, 1.82) is 0 Å². The molecule has 4 amide bonds. The fourth-order valence-electron chi connectivity index (χ4n) is 4.14. The number of nitrogens with zero attached hydrogens (tertiary/aromatic N) is 1. The number of ether oxygens (including phenoxy) is 1. The molecule has 9 heteroatoms. The Morgan fingerprint density at radius 2 is 1.78 bits per heavy atom. The van der Waals surface area contributed by atoms with E-state index in [1.807, 2.05) is 27.7 Å². The van der Waals surface area contributed by atoms with Crippen LogP contribution >= 0.6 is 0 Å². The second-order valence-corrected chi connectivity index (χ2v) is 11.2. The molecule has 2 aliphatic rings. The van der Waals surface area contributed by atoms with Crippen LogP contribution in [-0.4, -0.2) is 58.5 Å². The van der Waals surface area contributed by atoms with E-state index >= 15 is 0 Å². The van der Waals surface area contributed by atoms with Crippen LogP contribution in [0.5, 0.6) is 0 Å². The number of nitrogens with two attached hydrogens (primary N) is 1. The Kier molecular flexibility index (Phi) is 7.02. The van der Waals surface area contributed by atoms with E-state index in [0.717, 1.165) is 0 Å². The van der Waals surface area contributed by atoms with E-state index in [9.17, 15) is 19.2 Å². The molecule has 0 spiro atoms. The Bertz CT molecular complexity index is 797. The van der Waals surface area contributed by atoms with Gasteiger partial charge in [0.15, 0.2) is 0 Å². The van der Waals surface area contributed by atoms with Crippen LogP contribution in [0.15, 0.2) is 12.7 Å². The summed E-state index contributed by atoms with van der Waals surface area (Å²) in [5.41, 5.74) is 3.05. The molecule has 9 nitrogen and oxygen atoms in total. The molecular formula is C23H38N4O5. The highest BCUT2D eigenvalue weighted by atomic mass is 16.6. The smallest absolute Gasteiger partial charge is 0.408 e. The van der Waals surface area contributed by atoms with Crippen LogP contribution in [0.3, 0.4) is 0 Å². The van der Waals surface area contributed by atoms with Gasteiger partial charge in [-0.1, -0.05) is 33.8 Å². The minimum absolute atomic E-state index is 0.0794. The van der Waals surface area contributed by atoms with E-state index in [-0.39, 0.29) is 17.7 Å². The van der Waals surface area contributed by atoms with Crippen molar-refractivity contribution in [2.45, 2.75) is 84.5 Å². The maximum absolute atomic E-state index is 13.6. The van der Waals surface area contributed by atoms with Gasteiger partial charge in [-0.25, -0.2) is 4.79 Å². The first kappa shape index (κ1) is 25.7. The lowest BCUT2D eigenvalue weighted by molar-refractivity contribution is -0.142. The topological polar surface area (TPSA) is 131 Å². The maximum Gasteiger partial charge on any atom is 0.408 e. The Hall–Kier alpha value is -2.58. The van der Waals surface area contributed by atoms with Gasteiger partial charge in [0.1, 0.15) is 23.2 Å². The summed E-state index contributed by atoms with van der Waals surface area (Å²) >= 11 is 0. The zero-order valence-corrected chi connectivity index (χ0v) is 20.3. The van der Waals surface area contributed by atoms with Crippen molar-refractivity contribution in [2.24, 2.45) is 23.0 Å². The number of rotatable bonds is 6. The quantitative estimate of drug-likeness (QED) is 0.530. The number of hydrogen-bond donors (Lipinski definition) is 3. The summed E-state index contributed by atoms with van der Waals surface area (Å²) in [6, 6.07) is -1.66. The molecule has 0 aromatic rings. The highest BCUT2D eigenvalue weighted by Gasteiger charge is 2.59. The third kappa shape index (κ3) is 5.61. The Morgan fingerprint density at radius 3 is 2.22 bits per heavy atom. The van der Waals surface area contributed by atoms with Crippen LogP contribution in [-0.2, 0) is 19.1 Å². The van der Waals surface area contributed by atoms with E-state index in [0.29, 0.717) is 19.4 Å². The Morgan fingerprint density at radius 1 is 1.19 bits per heavy atom. The molecular weight excluding hydrogens is 412 g/mol. The minimum atomic E-state index is -1.14. The van der Waals surface area contributed by atoms with Gasteiger partial charge >= 0.3 is 6.09 Å². The molecule has 1 aliphatic carbocycles. The maximum atomic E-state index is 13.6. The molecule has 0 radical (unpaired) electrons. The van der Waals surface area contributed by atoms with Crippen LogP contribution in [0, 0.1) is 17.3 Å². The first-order valence-electron chi connectivity index (χ1n) is 11.1. The first-order chi connectivity index (χ1) is 14.5. The van der Waals surface area contributed by atoms with E-state index in [2.05, 4.69) is 17.2 Å². The van der Waals surface area contributed by atoms with Crippen molar-refractivity contribution in [2.75, 3.05) is 6.54 Å². The number of amides is 4. The number of primary amides is 1. The van der Waals surface area contributed by atoms with Crippen LogP contribution < -0.4 is 16.4 Å². The van der Waals surface area contributed by atoms with Crippen LogP contribution in [0.4, 0.5) is 4.79 Å². The number of carbonyl (C=O) groups excluding carboxylic acids is 4. The van der Waals surface area contributed by atoms with Crippen molar-refractivity contribution in [3.05, 3.63) is 12.7 Å². The van der Waals surface area contributed by atoms with Crippen molar-refractivity contribution < 1.29 is 23.9 Å². The SMILES string of the molecule is C=CC1C[C@]1(NC(=O)[C@@H]1C[C@@H](C)CN1C(=O)[C@@H](NC(=O)OC(C)(C)C)C(C)(C)C)C(N)=O. The summed E-state index contributed by atoms with van der Waals surface area (Å²) in [4.78, 5) is 52.6. The standard InChI is InChI=1S/C23H38N4O5/c1-9-14-11-23(14,19(24)30)26-17(28)15-10-13(2)12-27(15)18(29)16(21(3,4)5)25-20(31)32-22(6,7)8/h9,13-16H,1,10-12H2,2-8H3,(H2,24,30)(H,25,31)(H,26,28)/t13-,14?,15+,16-,23-/m1/s1. The van der Waals surface area contributed by atoms with Gasteiger partial charge in [0, 0.05) is 12.5 Å². The number of hydrogen-bond acceptors (Lipinski definition) is 5. The van der Waals surface area contributed by atoms with Crippen molar-refractivity contribution >= 4 is 23.8 Å². The van der Waals surface area contributed by atoms with E-state index in [4.69, 9.17) is 10.5 Å². The van der Waals surface area contributed by atoms with Gasteiger partial charge in [-0.2, -0.15) is 0 Å². The lowest BCUT2D eigenvalue weighted by atomic mass is 9.85. The van der Waals surface area contributed by atoms with Gasteiger partial charge in [0.25, 0.3) is 0 Å². The van der Waals surface area contributed by atoms with Gasteiger partial charge < -0.3 is 26.0 Å². The Labute approximate surface area is 190 Å². The molecule has 0 aromatic carbocycles. The normalized spacial score (nSPS) is 28.5. The van der Waals surface area contributed by atoms with Crippen LogP contribution in [0.25, 0.3) is 0 Å². The first-order valence-corrected chi connectivity index (χ1v) is 11.1. The lowest BCUT2D eigenvalue weighted by Gasteiger charge is -2.36. The molecule has 1 saturated carbocycles. The molecule has 5 atom stereocenters. The summed E-state index contributed by atoms with van der Waals surface area (Å²) in [5.74, 6) is -1.54. The molecule has 0 aromatic heterocycles. The van der Waals surface area contributed by atoms with Gasteiger partial charge in [0.05, 0.1) is 0 Å². The summed E-state index contributed by atoms with van der Waals surface area (Å²) in [5, 5.41) is 5.46. The molecule has 4 N–H and O–H groups in total. The van der Waals surface area contributed by atoms with Crippen LogP contribution in [0.2, 0.25) is 0 Å². The molecule has 1 heterocycles. The third-order valence-corrected chi connectivity index (χ3v) is 5.96. The number of carbonyl (C=O) groups is 4. The van der Waals surface area contributed by atoms with E-state index in [1.54, 1.807) is 26.8 Å². The van der Waals surface area contributed by atoms with Gasteiger partial charge in [0.2, 0.25) is 17.7 Å². The monoisotopic (exact) mass is 450 g/mol.